The van der Waals surface area contributed by atoms with E-state index < -0.39 is 17.2 Å². The van der Waals surface area contributed by atoms with Crippen LogP contribution in [0.2, 0.25) is 0 Å². The molecule has 7 heteroatoms. The molecule has 0 aliphatic rings. The number of aryl methyl sites for hydroxylation is 2. The van der Waals surface area contributed by atoms with Crippen molar-refractivity contribution in [1.82, 2.24) is 9.13 Å². The van der Waals surface area contributed by atoms with Crippen molar-refractivity contribution in [2.24, 2.45) is 7.05 Å². The van der Waals surface area contributed by atoms with Gasteiger partial charge in [0, 0.05) is 7.05 Å². The SMILES string of the molecule is Cc1c(C(=O)[O-])sc2c1c(=O)n(Cc1ccccc1)c(=O)n2C. The van der Waals surface area contributed by atoms with Crippen LogP contribution in [0.3, 0.4) is 0 Å². The summed E-state index contributed by atoms with van der Waals surface area (Å²) in [5, 5.41) is 11.4. The van der Waals surface area contributed by atoms with Crippen molar-refractivity contribution in [2.45, 2.75) is 13.5 Å². The highest BCUT2D eigenvalue weighted by molar-refractivity contribution is 7.20. The Balaban J connectivity index is 2.32. The van der Waals surface area contributed by atoms with Gasteiger partial charge in [0.25, 0.3) is 5.56 Å². The van der Waals surface area contributed by atoms with E-state index in [1.54, 1.807) is 6.92 Å². The van der Waals surface area contributed by atoms with Crippen molar-refractivity contribution in [3.8, 4) is 0 Å². The number of rotatable bonds is 3. The predicted molar refractivity (Wildman–Crippen MR) is 85.9 cm³/mol. The molecule has 0 amide bonds. The second-order valence-corrected chi connectivity index (χ2v) is 6.24. The summed E-state index contributed by atoms with van der Waals surface area (Å²) in [7, 11) is 1.53. The van der Waals surface area contributed by atoms with Crippen LogP contribution in [0.1, 0.15) is 20.8 Å². The molecule has 1 aromatic carbocycles. The van der Waals surface area contributed by atoms with E-state index in [1.165, 1.54) is 11.6 Å². The molecule has 0 aliphatic heterocycles. The van der Waals surface area contributed by atoms with E-state index in [4.69, 9.17) is 0 Å². The van der Waals surface area contributed by atoms with E-state index >= 15 is 0 Å². The number of hydrogen-bond donors (Lipinski definition) is 0. The zero-order valence-corrected chi connectivity index (χ0v) is 13.3. The number of aromatic nitrogens is 2. The summed E-state index contributed by atoms with van der Waals surface area (Å²) in [5.74, 6) is -1.34. The minimum absolute atomic E-state index is 0.0236. The van der Waals surface area contributed by atoms with Gasteiger partial charge in [-0.3, -0.25) is 13.9 Å². The molecule has 118 valence electrons. The third-order valence-electron chi connectivity index (χ3n) is 3.78. The molecule has 3 aromatic rings. The maximum atomic E-state index is 12.7. The van der Waals surface area contributed by atoms with Crippen LogP contribution in [-0.2, 0) is 13.6 Å². The maximum Gasteiger partial charge on any atom is 0.332 e. The van der Waals surface area contributed by atoms with Crippen LogP contribution < -0.4 is 16.4 Å². The van der Waals surface area contributed by atoms with Gasteiger partial charge in [-0.05, 0) is 18.1 Å². The number of carboxylic acid groups (broad SMARTS) is 1. The first kappa shape index (κ1) is 15.2. The fourth-order valence-corrected chi connectivity index (χ4v) is 3.67. The smallest absolute Gasteiger partial charge is 0.332 e. The standard InChI is InChI=1S/C16H14N2O4S/c1-9-11-13(19)18(8-10-6-4-3-5-7-10)16(22)17(2)14(11)23-12(9)15(20)21/h3-7H,8H2,1-2H3,(H,20,21)/p-1. The third kappa shape index (κ3) is 2.39. The van der Waals surface area contributed by atoms with E-state index in [0.717, 1.165) is 21.5 Å². The summed E-state index contributed by atoms with van der Waals surface area (Å²) < 4.78 is 2.43. The Labute approximate surface area is 134 Å². The molecule has 0 aliphatic carbocycles. The summed E-state index contributed by atoms with van der Waals surface area (Å²) in [6.07, 6.45) is 0. The summed E-state index contributed by atoms with van der Waals surface area (Å²) in [5.41, 5.74) is 0.206. The number of carboxylic acids is 1. The van der Waals surface area contributed by atoms with Gasteiger partial charge in [-0.25, -0.2) is 4.79 Å². The highest BCUT2D eigenvalue weighted by Gasteiger charge is 2.18. The predicted octanol–water partition coefficient (Wildman–Crippen LogP) is 0.482. The number of aromatic carboxylic acids is 1. The van der Waals surface area contributed by atoms with Crippen LogP contribution in [0.4, 0.5) is 0 Å². The van der Waals surface area contributed by atoms with Gasteiger partial charge in [0.1, 0.15) is 4.83 Å². The van der Waals surface area contributed by atoms with Crippen molar-refractivity contribution in [3.05, 3.63) is 67.2 Å². The minimum atomic E-state index is -1.34. The Morgan fingerprint density at radius 2 is 1.87 bits per heavy atom. The quantitative estimate of drug-likeness (QED) is 0.700. The number of thiophene rings is 1. The van der Waals surface area contributed by atoms with Gasteiger partial charge < -0.3 is 9.90 Å². The first-order chi connectivity index (χ1) is 10.9. The number of carbonyl (C=O) groups is 1. The Morgan fingerprint density at radius 1 is 1.22 bits per heavy atom. The molecule has 2 heterocycles. The fourth-order valence-electron chi connectivity index (χ4n) is 2.58. The van der Waals surface area contributed by atoms with Crippen LogP contribution in [-0.4, -0.2) is 15.1 Å². The lowest BCUT2D eigenvalue weighted by Crippen LogP contribution is -2.39. The van der Waals surface area contributed by atoms with Gasteiger partial charge in [0.15, 0.2) is 0 Å². The van der Waals surface area contributed by atoms with Crippen LogP contribution in [0.5, 0.6) is 0 Å². The van der Waals surface area contributed by atoms with Crippen LogP contribution in [0.25, 0.3) is 10.2 Å². The molecule has 0 N–H and O–H groups in total. The molecule has 0 fully saturated rings. The van der Waals surface area contributed by atoms with Gasteiger partial charge in [-0.1, -0.05) is 30.3 Å². The molecule has 0 saturated carbocycles. The molecule has 0 unspecified atom stereocenters. The number of fused-ring (bicyclic) bond motifs is 1. The van der Waals surface area contributed by atoms with Crippen molar-refractivity contribution in [2.75, 3.05) is 0 Å². The molecule has 0 radical (unpaired) electrons. The molecule has 3 rings (SSSR count). The highest BCUT2D eigenvalue weighted by atomic mass is 32.1. The second-order valence-electron chi connectivity index (χ2n) is 5.24. The van der Waals surface area contributed by atoms with Gasteiger partial charge in [0.2, 0.25) is 0 Å². The van der Waals surface area contributed by atoms with Crippen LogP contribution in [0, 0.1) is 6.92 Å². The van der Waals surface area contributed by atoms with E-state index in [0.29, 0.717) is 10.4 Å². The maximum absolute atomic E-state index is 12.7. The monoisotopic (exact) mass is 329 g/mol. The fraction of sp³-hybridized carbons (Fsp3) is 0.188. The average Bonchev–Trinajstić information content (AvgIpc) is 2.88. The number of hydrogen-bond acceptors (Lipinski definition) is 5. The summed E-state index contributed by atoms with van der Waals surface area (Å²) in [4.78, 5) is 36.7. The van der Waals surface area contributed by atoms with E-state index in [2.05, 4.69) is 0 Å². The molecular weight excluding hydrogens is 316 g/mol. The number of benzene rings is 1. The Kier molecular flexibility index (Phi) is 3.65. The summed E-state index contributed by atoms with van der Waals surface area (Å²) in [6.45, 7) is 1.70. The van der Waals surface area contributed by atoms with Gasteiger partial charge in [-0.15, -0.1) is 11.3 Å². The lowest BCUT2D eigenvalue weighted by molar-refractivity contribution is -0.254. The van der Waals surface area contributed by atoms with Crippen LogP contribution >= 0.6 is 11.3 Å². The highest BCUT2D eigenvalue weighted by Crippen LogP contribution is 2.26. The van der Waals surface area contributed by atoms with Crippen molar-refractivity contribution < 1.29 is 9.90 Å². The van der Waals surface area contributed by atoms with Gasteiger partial charge in [-0.2, -0.15) is 0 Å². The van der Waals surface area contributed by atoms with E-state index in [9.17, 15) is 19.5 Å². The molecule has 0 saturated heterocycles. The molecule has 0 atom stereocenters. The molecule has 6 nitrogen and oxygen atoms in total. The molecular formula is C16H13N2O4S-. The molecule has 2 aromatic heterocycles. The lowest BCUT2D eigenvalue weighted by Gasteiger charge is -2.08. The van der Waals surface area contributed by atoms with Crippen LogP contribution in [0.15, 0.2) is 39.9 Å². The normalized spacial score (nSPS) is 11.0. The summed E-state index contributed by atoms with van der Waals surface area (Å²) >= 11 is 0.890. The Bertz CT molecular complexity index is 1030. The van der Waals surface area contributed by atoms with Crippen molar-refractivity contribution in [3.63, 3.8) is 0 Å². The summed E-state index contributed by atoms with van der Waals surface area (Å²) in [6, 6.07) is 9.15. The van der Waals surface area contributed by atoms with Crippen molar-refractivity contribution in [1.29, 1.82) is 0 Å². The second kappa shape index (κ2) is 5.51. The topological polar surface area (TPSA) is 84.1 Å². The molecule has 0 spiro atoms. The minimum Gasteiger partial charge on any atom is -0.544 e. The largest absolute Gasteiger partial charge is 0.544 e. The first-order valence-corrected chi connectivity index (χ1v) is 7.71. The van der Waals surface area contributed by atoms with E-state index in [-0.39, 0.29) is 16.8 Å². The third-order valence-corrected chi connectivity index (χ3v) is 5.13. The zero-order chi connectivity index (χ0) is 16.7. The number of carbonyl (C=O) groups excluding carboxylic acids is 1. The van der Waals surface area contributed by atoms with E-state index in [1.807, 2.05) is 30.3 Å². The molecule has 0 bridgehead atoms. The average molecular weight is 329 g/mol. The number of nitrogens with zero attached hydrogens (tertiary/aromatic N) is 2. The van der Waals surface area contributed by atoms with Crippen molar-refractivity contribution >= 4 is 27.5 Å². The zero-order valence-electron chi connectivity index (χ0n) is 12.5. The lowest BCUT2D eigenvalue weighted by atomic mass is 10.2. The Hall–Kier alpha value is -2.67. The Morgan fingerprint density at radius 3 is 2.48 bits per heavy atom. The van der Waals surface area contributed by atoms with Gasteiger partial charge >= 0.3 is 5.69 Å². The van der Waals surface area contributed by atoms with Gasteiger partial charge in [0.05, 0.1) is 22.8 Å². The molecule has 23 heavy (non-hydrogen) atoms. The first-order valence-electron chi connectivity index (χ1n) is 6.90.